The van der Waals surface area contributed by atoms with Gasteiger partial charge in [0.2, 0.25) is 0 Å². The zero-order chi connectivity index (χ0) is 11.8. The molecular weight excluding hydrogens is 198 g/mol. The molecule has 1 saturated heterocycles. The van der Waals surface area contributed by atoms with E-state index in [0.29, 0.717) is 12.1 Å². The zero-order valence-electron chi connectivity index (χ0n) is 11.3. The highest BCUT2D eigenvalue weighted by Crippen LogP contribution is 2.19. The summed E-state index contributed by atoms with van der Waals surface area (Å²) in [6, 6.07) is 0.712. The molecule has 0 amide bonds. The van der Waals surface area contributed by atoms with Crippen molar-refractivity contribution >= 4 is 0 Å². The van der Waals surface area contributed by atoms with Gasteiger partial charge in [0.25, 0.3) is 0 Å². The molecule has 0 aromatic carbocycles. The van der Waals surface area contributed by atoms with Crippen LogP contribution in [0, 0.1) is 5.92 Å². The number of hydrogen-bond donors (Lipinski definition) is 1. The summed E-state index contributed by atoms with van der Waals surface area (Å²) in [5.74, 6) is 0.828. The summed E-state index contributed by atoms with van der Waals surface area (Å²) in [4.78, 5) is 0. The van der Waals surface area contributed by atoms with Gasteiger partial charge in [-0.3, -0.25) is 0 Å². The van der Waals surface area contributed by atoms with Crippen LogP contribution in [0.5, 0.6) is 0 Å². The van der Waals surface area contributed by atoms with E-state index >= 15 is 0 Å². The Bertz CT molecular complexity index is 164. The Morgan fingerprint density at radius 3 is 2.62 bits per heavy atom. The monoisotopic (exact) mass is 227 g/mol. The second kappa shape index (κ2) is 8.08. The first kappa shape index (κ1) is 14.0. The molecule has 1 aliphatic rings. The summed E-state index contributed by atoms with van der Waals surface area (Å²) >= 11 is 0. The van der Waals surface area contributed by atoms with Gasteiger partial charge in [0.05, 0.1) is 6.10 Å². The molecule has 1 N–H and O–H groups in total. The van der Waals surface area contributed by atoms with Crippen molar-refractivity contribution in [2.75, 3.05) is 13.7 Å². The molecule has 1 fully saturated rings. The molecule has 0 radical (unpaired) electrons. The quantitative estimate of drug-likeness (QED) is 0.686. The fourth-order valence-corrected chi connectivity index (χ4v) is 2.43. The normalized spacial score (nSPS) is 22.9. The molecule has 16 heavy (non-hydrogen) atoms. The first-order chi connectivity index (χ1) is 7.72. The highest BCUT2D eigenvalue weighted by molar-refractivity contribution is 4.69. The number of hydrogen-bond acceptors (Lipinski definition) is 2. The Labute approximate surface area is 101 Å². The van der Waals surface area contributed by atoms with Crippen LogP contribution in [-0.2, 0) is 4.74 Å². The van der Waals surface area contributed by atoms with Crippen molar-refractivity contribution in [3.05, 3.63) is 0 Å². The standard InChI is InChI=1S/C14H29NO/c1-12(2)9-10-13(15-3)6-4-7-14-8-5-11-16-14/h12-15H,4-11H2,1-3H3. The highest BCUT2D eigenvalue weighted by Gasteiger charge is 2.15. The van der Waals surface area contributed by atoms with E-state index in [2.05, 4.69) is 26.2 Å². The van der Waals surface area contributed by atoms with Crippen LogP contribution in [0.25, 0.3) is 0 Å². The van der Waals surface area contributed by atoms with Gasteiger partial charge in [-0.15, -0.1) is 0 Å². The van der Waals surface area contributed by atoms with Crippen LogP contribution in [0.1, 0.15) is 58.8 Å². The molecule has 0 aromatic rings. The van der Waals surface area contributed by atoms with Gasteiger partial charge in [-0.25, -0.2) is 0 Å². The first-order valence-corrected chi connectivity index (χ1v) is 7.01. The smallest absolute Gasteiger partial charge is 0.0576 e. The van der Waals surface area contributed by atoms with Crippen LogP contribution in [0.3, 0.4) is 0 Å². The lowest BCUT2D eigenvalue weighted by Gasteiger charge is -2.18. The minimum atomic E-state index is 0.572. The minimum absolute atomic E-state index is 0.572. The highest BCUT2D eigenvalue weighted by atomic mass is 16.5. The van der Waals surface area contributed by atoms with Crippen LogP contribution in [0.4, 0.5) is 0 Å². The van der Waals surface area contributed by atoms with Crippen LogP contribution < -0.4 is 5.32 Å². The van der Waals surface area contributed by atoms with Crippen LogP contribution >= 0.6 is 0 Å². The number of ether oxygens (including phenoxy) is 1. The van der Waals surface area contributed by atoms with Crippen molar-refractivity contribution in [3.63, 3.8) is 0 Å². The maximum absolute atomic E-state index is 5.65. The van der Waals surface area contributed by atoms with E-state index in [1.54, 1.807) is 0 Å². The molecule has 0 aliphatic carbocycles. The average molecular weight is 227 g/mol. The number of nitrogens with one attached hydrogen (secondary N) is 1. The van der Waals surface area contributed by atoms with Crippen molar-refractivity contribution in [2.24, 2.45) is 5.92 Å². The van der Waals surface area contributed by atoms with Crippen LogP contribution in [0.2, 0.25) is 0 Å². The van der Waals surface area contributed by atoms with Crippen LogP contribution in [0.15, 0.2) is 0 Å². The van der Waals surface area contributed by atoms with Gasteiger partial charge in [-0.1, -0.05) is 13.8 Å². The summed E-state index contributed by atoms with van der Waals surface area (Å²) in [7, 11) is 2.09. The first-order valence-electron chi connectivity index (χ1n) is 7.01. The molecule has 2 nitrogen and oxygen atoms in total. The van der Waals surface area contributed by atoms with Crippen LogP contribution in [-0.4, -0.2) is 25.8 Å². The summed E-state index contributed by atoms with van der Waals surface area (Å²) in [6.07, 6.45) is 9.68. The molecule has 2 atom stereocenters. The van der Waals surface area contributed by atoms with Gasteiger partial charge in [-0.05, 0) is 57.9 Å². The van der Waals surface area contributed by atoms with E-state index < -0.39 is 0 Å². The lowest BCUT2D eigenvalue weighted by Crippen LogP contribution is -2.25. The maximum atomic E-state index is 5.65. The Morgan fingerprint density at radius 1 is 1.25 bits per heavy atom. The van der Waals surface area contributed by atoms with Crippen molar-refractivity contribution in [3.8, 4) is 0 Å². The Hall–Kier alpha value is -0.0800. The Kier molecular flexibility index (Phi) is 7.06. The molecule has 0 spiro atoms. The SMILES string of the molecule is CNC(CCCC1CCCO1)CCC(C)C. The van der Waals surface area contributed by atoms with E-state index in [1.807, 2.05) is 0 Å². The topological polar surface area (TPSA) is 21.3 Å². The number of rotatable bonds is 8. The predicted molar refractivity (Wildman–Crippen MR) is 69.7 cm³/mol. The van der Waals surface area contributed by atoms with E-state index in [9.17, 15) is 0 Å². The summed E-state index contributed by atoms with van der Waals surface area (Å²) in [6.45, 7) is 5.60. The lowest BCUT2D eigenvalue weighted by atomic mass is 9.98. The fraction of sp³-hybridized carbons (Fsp3) is 1.00. The minimum Gasteiger partial charge on any atom is -0.378 e. The largest absolute Gasteiger partial charge is 0.378 e. The molecule has 96 valence electrons. The third-order valence-corrected chi connectivity index (χ3v) is 3.60. The molecule has 0 bridgehead atoms. The molecule has 0 saturated carbocycles. The van der Waals surface area contributed by atoms with Crippen molar-refractivity contribution in [1.82, 2.24) is 5.32 Å². The third kappa shape index (κ3) is 5.86. The third-order valence-electron chi connectivity index (χ3n) is 3.60. The molecular formula is C14H29NO. The molecule has 1 heterocycles. The van der Waals surface area contributed by atoms with Gasteiger partial charge in [0.15, 0.2) is 0 Å². The maximum Gasteiger partial charge on any atom is 0.0576 e. The summed E-state index contributed by atoms with van der Waals surface area (Å²) < 4.78 is 5.65. The van der Waals surface area contributed by atoms with Crippen molar-refractivity contribution < 1.29 is 4.74 Å². The lowest BCUT2D eigenvalue weighted by molar-refractivity contribution is 0.101. The Balaban J connectivity index is 2.03. The average Bonchev–Trinajstić information content (AvgIpc) is 2.75. The summed E-state index contributed by atoms with van der Waals surface area (Å²) in [5, 5.41) is 3.44. The summed E-state index contributed by atoms with van der Waals surface area (Å²) in [5.41, 5.74) is 0. The molecule has 1 rings (SSSR count). The predicted octanol–water partition coefficient (Wildman–Crippen LogP) is 3.36. The van der Waals surface area contributed by atoms with Gasteiger partial charge in [0.1, 0.15) is 0 Å². The fourth-order valence-electron chi connectivity index (χ4n) is 2.43. The molecule has 1 aliphatic heterocycles. The molecule has 2 heteroatoms. The Morgan fingerprint density at radius 2 is 2.06 bits per heavy atom. The van der Waals surface area contributed by atoms with Crippen molar-refractivity contribution in [1.29, 1.82) is 0 Å². The second-order valence-corrected chi connectivity index (χ2v) is 5.52. The van der Waals surface area contributed by atoms with Gasteiger partial charge in [-0.2, -0.15) is 0 Å². The van der Waals surface area contributed by atoms with Gasteiger partial charge < -0.3 is 10.1 Å². The van der Waals surface area contributed by atoms with E-state index in [4.69, 9.17) is 4.74 Å². The van der Waals surface area contributed by atoms with E-state index in [1.165, 1.54) is 44.9 Å². The van der Waals surface area contributed by atoms with Gasteiger partial charge in [0, 0.05) is 12.6 Å². The van der Waals surface area contributed by atoms with Crippen molar-refractivity contribution in [2.45, 2.75) is 70.9 Å². The molecule has 2 unspecified atom stereocenters. The second-order valence-electron chi connectivity index (χ2n) is 5.52. The van der Waals surface area contributed by atoms with E-state index in [-0.39, 0.29) is 0 Å². The zero-order valence-corrected chi connectivity index (χ0v) is 11.3. The molecule has 0 aromatic heterocycles. The van der Waals surface area contributed by atoms with Gasteiger partial charge >= 0.3 is 0 Å². The van der Waals surface area contributed by atoms with E-state index in [0.717, 1.165) is 12.5 Å².